The average molecular weight is 215 g/mol. The van der Waals surface area contributed by atoms with Crippen molar-refractivity contribution in [2.45, 2.75) is 65.5 Å². The maximum Gasteiger partial charge on any atom is 0.0725 e. The summed E-state index contributed by atoms with van der Waals surface area (Å²) in [4.78, 5) is 0. The van der Waals surface area contributed by atoms with Gasteiger partial charge in [0.1, 0.15) is 0 Å². The van der Waals surface area contributed by atoms with Crippen LogP contribution in [0.1, 0.15) is 53.4 Å². The first-order valence-corrected chi connectivity index (χ1v) is 6.48. The van der Waals surface area contributed by atoms with Gasteiger partial charge in [-0.15, -0.1) is 0 Å². The van der Waals surface area contributed by atoms with Crippen LogP contribution in [-0.4, -0.2) is 25.8 Å². The largest absolute Gasteiger partial charge is 0.377 e. The van der Waals surface area contributed by atoms with Crippen molar-refractivity contribution in [2.24, 2.45) is 5.92 Å². The van der Waals surface area contributed by atoms with Crippen LogP contribution in [0.3, 0.4) is 0 Å². The van der Waals surface area contributed by atoms with E-state index in [2.05, 4.69) is 33.0 Å². The molecule has 0 spiro atoms. The molecule has 0 aromatic carbocycles. The second-order valence-corrected chi connectivity index (χ2v) is 4.43. The Kier molecular flexibility index (Phi) is 9.12. The van der Waals surface area contributed by atoms with E-state index in [9.17, 15) is 0 Å². The van der Waals surface area contributed by atoms with Crippen LogP contribution >= 0.6 is 0 Å². The number of hydrogen-bond acceptors (Lipinski definition) is 2. The van der Waals surface area contributed by atoms with Gasteiger partial charge in [0, 0.05) is 12.6 Å². The highest BCUT2D eigenvalue weighted by Crippen LogP contribution is 2.17. The number of nitrogens with one attached hydrogen (secondary N) is 1. The number of likely N-dealkylation sites (N-methyl/N-ethyl adjacent to an activating group) is 1. The molecular weight excluding hydrogens is 186 g/mol. The van der Waals surface area contributed by atoms with Gasteiger partial charge in [0.25, 0.3) is 0 Å². The molecule has 92 valence electrons. The summed E-state index contributed by atoms with van der Waals surface area (Å²) in [6.07, 6.45) is 5.30. The first-order chi connectivity index (χ1) is 7.19. The van der Waals surface area contributed by atoms with Gasteiger partial charge in [-0.3, -0.25) is 0 Å². The summed E-state index contributed by atoms with van der Waals surface area (Å²) in [5.74, 6) is 0.793. The lowest BCUT2D eigenvalue weighted by Gasteiger charge is -2.28. The third-order valence-corrected chi connectivity index (χ3v) is 3.04. The molecule has 0 radical (unpaired) electrons. The van der Waals surface area contributed by atoms with E-state index in [-0.39, 0.29) is 0 Å². The van der Waals surface area contributed by atoms with Gasteiger partial charge in [-0.2, -0.15) is 0 Å². The summed E-state index contributed by atoms with van der Waals surface area (Å²) < 4.78 is 5.76. The third kappa shape index (κ3) is 6.16. The van der Waals surface area contributed by atoms with Crippen molar-refractivity contribution in [1.29, 1.82) is 0 Å². The van der Waals surface area contributed by atoms with Crippen LogP contribution in [0.15, 0.2) is 0 Å². The Morgan fingerprint density at radius 1 is 1.20 bits per heavy atom. The molecule has 0 saturated carbocycles. The molecule has 0 bridgehead atoms. The van der Waals surface area contributed by atoms with Crippen LogP contribution in [0.2, 0.25) is 0 Å². The SMILES string of the molecule is CCCC(C)CC(NC)C(CC)OCC. The molecule has 2 nitrogen and oxygen atoms in total. The normalized spacial score (nSPS) is 17.4. The Hall–Kier alpha value is -0.0800. The zero-order chi connectivity index (χ0) is 11.7. The van der Waals surface area contributed by atoms with Crippen LogP contribution in [-0.2, 0) is 4.74 Å². The minimum Gasteiger partial charge on any atom is -0.377 e. The Morgan fingerprint density at radius 2 is 1.87 bits per heavy atom. The van der Waals surface area contributed by atoms with Gasteiger partial charge >= 0.3 is 0 Å². The first-order valence-electron chi connectivity index (χ1n) is 6.48. The summed E-state index contributed by atoms with van der Waals surface area (Å²) in [5.41, 5.74) is 0. The maximum atomic E-state index is 5.76. The van der Waals surface area contributed by atoms with E-state index < -0.39 is 0 Å². The first kappa shape index (κ1) is 14.9. The van der Waals surface area contributed by atoms with Crippen molar-refractivity contribution < 1.29 is 4.74 Å². The molecule has 0 saturated heterocycles. The summed E-state index contributed by atoms with van der Waals surface area (Å²) in [5, 5.41) is 3.40. The van der Waals surface area contributed by atoms with E-state index >= 15 is 0 Å². The van der Waals surface area contributed by atoms with Crippen molar-refractivity contribution in [3.05, 3.63) is 0 Å². The maximum absolute atomic E-state index is 5.76. The Morgan fingerprint density at radius 3 is 2.27 bits per heavy atom. The molecule has 0 fully saturated rings. The zero-order valence-corrected chi connectivity index (χ0v) is 11.2. The van der Waals surface area contributed by atoms with E-state index in [0.29, 0.717) is 12.1 Å². The lowest BCUT2D eigenvalue weighted by Crippen LogP contribution is -2.40. The van der Waals surface area contributed by atoms with Gasteiger partial charge in [-0.05, 0) is 32.7 Å². The molecule has 2 heteroatoms. The Labute approximate surface area is 95.8 Å². The highest BCUT2D eigenvalue weighted by atomic mass is 16.5. The van der Waals surface area contributed by atoms with Gasteiger partial charge in [0.15, 0.2) is 0 Å². The molecule has 3 unspecified atom stereocenters. The third-order valence-electron chi connectivity index (χ3n) is 3.04. The van der Waals surface area contributed by atoms with Crippen LogP contribution in [0, 0.1) is 5.92 Å². The van der Waals surface area contributed by atoms with Crippen LogP contribution in [0.5, 0.6) is 0 Å². The fourth-order valence-electron chi connectivity index (χ4n) is 2.23. The molecule has 0 rings (SSSR count). The molecule has 3 atom stereocenters. The predicted octanol–water partition coefficient (Wildman–Crippen LogP) is 3.22. The van der Waals surface area contributed by atoms with Crippen LogP contribution in [0.25, 0.3) is 0 Å². The molecule has 0 aromatic heterocycles. The van der Waals surface area contributed by atoms with Crippen molar-refractivity contribution in [3.63, 3.8) is 0 Å². The van der Waals surface area contributed by atoms with Crippen molar-refractivity contribution in [2.75, 3.05) is 13.7 Å². The smallest absolute Gasteiger partial charge is 0.0725 e. The lowest BCUT2D eigenvalue weighted by molar-refractivity contribution is 0.0276. The van der Waals surface area contributed by atoms with Crippen molar-refractivity contribution in [3.8, 4) is 0 Å². The van der Waals surface area contributed by atoms with Crippen molar-refractivity contribution >= 4 is 0 Å². The second-order valence-electron chi connectivity index (χ2n) is 4.43. The highest BCUT2D eigenvalue weighted by molar-refractivity contribution is 4.76. The average Bonchev–Trinajstić information content (AvgIpc) is 2.23. The topological polar surface area (TPSA) is 21.3 Å². The molecule has 15 heavy (non-hydrogen) atoms. The molecule has 1 N–H and O–H groups in total. The monoisotopic (exact) mass is 215 g/mol. The highest BCUT2D eigenvalue weighted by Gasteiger charge is 2.20. The standard InChI is InChI=1S/C13H29NO/c1-6-9-11(4)10-12(14-5)13(7-2)15-8-3/h11-14H,6-10H2,1-5H3. The van der Waals surface area contributed by atoms with Crippen molar-refractivity contribution in [1.82, 2.24) is 5.32 Å². The van der Waals surface area contributed by atoms with Crippen LogP contribution in [0.4, 0.5) is 0 Å². The minimum absolute atomic E-state index is 0.374. The van der Waals surface area contributed by atoms with Crippen LogP contribution < -0.4 is 5.32 Å². The van der Waals surface area contributed by atoms with Gasteiger partial charge in [0.2, 0.25) is 0 Å². The summed E-state index contributed by atoms with van der Waals surface area (Å²) in [6, 6.07) is 0.511. The second kappa shape index (κ2) is 9.17. The summed E-state index contributed by atoms with van der Waals surface area (Å²) in [6.45, 7) is 9.69. The summed E-state index contributed by atoms with van der Waals surface area (Å²) in [7, 11) is 2.05. The predicted molar refractivity (Wildman–Crippen MR) is 67.2 cm³/mol. The quantitative estimate of drug-likeness (QED) is 0.637. The van der Waals surface area contributed by atoms with E-state index in [4.69, 9.17) is 4.74 Å². The zero-order valence-electron chi connectivity index (χ0n) is 11.2. The molecule has 0 aliphatic carbocycles. The van der Waals surface area contributed by atoms with E-state index in [1.807, 2.05) is 7.05 Å². The van der Waals surface area contributed by atoms with E-state index in [1.165, 1.54) is 19.3 Å². The summed E-state index contributed by atoms with van der Waals surface area (Å²) >= 11 is 0. The van der Waals surface area contributed by atoms with Gasteiger partial charge < -0.3 is 10.1 Å². The van der Waals surface area contributed by atoms with Gasteiger partial charge in [-0.25, -0.2) is 0 Å². The van der Waals surface area contributed by atoms with E-state index in [1.54, 1.807) is 0 Å². The molecular formula is C13H29NO. The minimum atomic E-state index is 0.374. The van der Waals surface area contributed by atoms with Gasteiger partial charge in [0.05, 0.1) is 6.10 Å². The molecule has 0 aliphatic rings. The van der Waals surface area contributed by atoms with Gasteiger partial charge in [-0.1, -0.05) is 33.6 Å². The lowest BCUT2D eigenvalue weighted by atomic mass is 9.93. The number of ether oxygens (including phenoxy) is 1. The number of hydrogen-bond donors (Lipinski definition) is 1. The fraction of sp³-hybridized carbons (Fsp3) is 1.00. The fourth-order valence-corrected chi connectivity index (χ4v) is 2.23. The Bertz CT molecular complexity index is 138. The molecule has 0 aromatic rings. The van der Waals surface area contributed by atoms with E-state index in [0.717, 1.165) is 18.9 Å². The molecule has 0 aliphatic heterocycles. The number of rotatable bonds is 9. The Balaban J connectivity index is 4.07. The molecule has 0 amide bonds. The molecule has 0 heterocycles.